The lowest BCUT2D eigenvalue weighted by Gasteiger charge is -2.39. The van der Waals surface area contributed by atoms with E-state index >= 15 is 4.39 Å². The van der Waals surface area contributed by atoms with Crippen LogP contribution in [-0.2, 0) is 22.7 Å². The predicted octanol–water partition coefficient (Wildman–Crippen LogP) is 7.90. The number of esters is 1. The van der Waals surface area contributed by atoms with Crippen LogP contribution in [0.3, 0.4) is 0 Å². The van der Waals surface area contributed by atoms with Gasteiger partial charge in [-0.25, -0.2) is 4.39 Å². The van der Waals surface area contributed by atoms with Crippen LogP contribution in [0.4, 0.5) is 4.39 Å². The molecular formula is C35H42FNO4. The minimum Gasteiger partial charge on any atom is -0.497 e. The number of rotatable bonds is 11. The van der Waals surface area contributed by atoms with Crippen LogP contribution >= 0.6 is 0 Å². The van der Waals surface area contributed by atoms with Crippen LogP contribution < -0.4 is 9.47 Å². The lowest BCUT2D eigenvalue weighted by atomic mass is 9.91. The Kier molecular flexibility index (Phi) is 9.29. The van der Waals surface area contributed by atoms with Crippen LogP contribution in [0, 0.1) is 11.7 Å². The second-order valence-corrected chi connectivity index (χ2v) is 11.7. The molecule has 5 rings (SSSR count). The summed E-state index contributed by atoms with van der Waals surface area (Å²) in [4.78, 5) is 14.6. The van der Waals surface area contributed by atoms with Crippen LogP contribution in [0.1, 0.15) is 75.0 Å². The summed E-state index contributed by atoms with van der Waals surface area (Å²) >= 11 is 0. The van der Waals surface area contributed by atoms with Gasteiger partial charge in [0, 0.05) is 24.2 Å². The van der Waals surface area contributed by atoms with Crippen molar-refractivity contribution in [1.29, 1.82) is 0 Å². The smallest absolute Gasteiger partial charge is 0.306 e. The molecule has 41 heavy (non-hydrogen) atoms. The summed E-state index contributed by atoms with van der Waals surface area (Å²) in [6.07, 6.45) is 6.26. The first kappa shape index (κ1) is 29.1. The van der Waals surface area contributed by atoms with E-state index in [0.29, 0.717) is 42.3 Å². The van der Waals surface area contributed by atoms with Gasteiger partial charge in [0.05, 0.1) is 20.6 Å². The van der Waals surface area contributed by atoms with Crippen molar-refractivity contribution in [3.8, 4) is 22.6 Å². The van der Waals surface area contributed by atoms with E-state index in [1.807, 2.05) is 24.3 Å². The zero-order chi connectivity index (χ0) is 28.9. The summed E-state index contributed by atoms with van der Waals surface area (Å²) in [5, 5.41) is 0. The number of halogens is 1. The Hall–Kier alpha value is -3.38. The van der Waals surface area contributed by atoms with Crippen LogP contribution in [0.25, 0.3) is 11.1 Å². The SMILES string of the molecule is COC(=O)C[C@H](c1cccc(OCc2ccc(-c3cc(OC)ccc3F)c(CN3[C@H](C)CCC[C@@H]3C)c2)c1)C1CC1. The highest BCUT2D eigenvalue weighted by Crippen LogP contribution is 2.45. The number of hydrogen-bond donors (Lipinski definition) is 0. The van der Waals surface area contributed by atoms with Gasteiger partial charge in [-0.1, -0.05) is 36.8 Å². The Morgan fingerprint density at radius 2 is 1.71 bits per heavy atom. The summed E-state index contributed by atoms with van der Waals surface area (Å²) in [5.41, 5.74) is 4.66. The maximum Gasteiger partial charge on any atom is 0.306 e. The molecule has 1 aliphatic heterocycles. The monoisotopic (exact) mass is 559 g/mol. The van der Waals surface area contributed by atoms with Crippen molar-refractivity contribution in [2.45, 2.75) is 83.5 Å². The van der Waals surface area contributed by atoms with Crippen molar-refractivity contribution in [3.05, 3.63) is 83.2 Å². The number of likely N-dealkylation sites (tertiary alicyclic amines) is 1. The summed E-state index contributed by atoms with van der Waals surface area (Å²) < 4.78 is 31.8. The van der Waals surface area contributed by atoms with Gasteiger partial charge in [0.15, 0.2) is 0 Å². The van der Waals surface area contributed by atoms with Crippen molar-refractivity contribution >= 4 is 5.97 Å². The fourth-order valence-corrected chi connectivity index (χ4v) is 6.27. The van der Waals surface area contributed by atoms with Crippen LogP contribution in [0.15, 0.2) is 60.7 Å². The second kappa shape index (κ2) is 13.1. The van der Waals surface area contributed by atoms with Gasteiger partial charge in [0.25, 0.3) is 0 Å². The molecule has 1 heterocycles. The zero-order valence-corrected chi connectivity index (χ0v) is 24.7. The number of carbonyl (C=O) groups excluding carboxylic acids is 1. The maximum atomic E-state index is 15.1. The average Bonchev–Trinajstić information content (AvgIpc) is 3.83. The standard InChI is InChI=1S/C35H42FNO4/c1-23-7-5-8-24(2)37(23)21-28-17-25(11-15-31(28)33-19-29(39-3)14-16-34(33)36)22-41-30-10-6-9-27(18-30)32(26-12-13-26)20-35(38)40-4/h6,9-11,14-19,23-24,26,32H,5,7-8,12-13,20-22H2,1-4H3/t23-,24+,32-/m0/s1. The molecule has 5 nitrogen and oxygen atoms in total. The highest BCUT2D eigenvalue weighted by molar-refractivity contribution is 5.71. The Morgan fingerprint density at radius 3 is 2.41 bits per heavy atom. The van der Waals surface area contributed by atoms with Crippen LogP contribution in [-0.4, -0.2) is 37.2 Å². The molecule has 1 aliphatic carbocycles. The largest absolute Gasteiger partial charge is 0.497 e. The van der Waals surface area contributed by atoms with E-state index in [1.54, 1.807) is 19.2 Å². The lowest BCUT2D eigenvalue weighted by molar-refractivity contribution is -0.141. The van der Waals surface area contributed by atoms with Crippen molar-refractivity contribution in [3.63, 3.8) is 0 Å². The maximum absolute atomic E-state index is 15.1. The van der Waals surface area contributed by atoms with E-state index in [0.717, 1.165) is 47.4 Å². The van der Waals surface area contributed by atoms with Gasteiger partial charge in [0.1, 0.15) is 23.9 Å². The highest BCUT2D eigenvalue weighted by atomic mass is 19.1. The Bertz CT molecular complexity index is 1340. The summed E-state index contributed by atoms with van der Waals surface area (Å²) in [6, 6.07) is 20.1. The van der Waals surface area contributed by atoms with Gasteiger partial charge in [-0.3, -0.25) is 9.69 Å². The summed E-state index contributed by atoms with van der Waals surface area (Å²) in [5.74, 6) is 1.66. The molecule has 0 N–H and O–H groups in total. The zero-order valence-electron chi connectivity index (χ0n) is 24.7. The third kappa shape index (κ3) is 7.10. The molecule has 3 aromatic carbocycles. The molecule has 0 amide bonds. The predicted molar refractivity (Wildman–Crippen MR) is 160 cm³/mol. The number of hydrogen-bond acceptors (Lipinski definition) is 5. The molecule has 0 spiro atoms. The number of ether oxygens (including phenoxy) is 3. The first-order valence-electron chi connectivity index (χ1n) is 14.9. The molecule has 0 unspecified atom stereocenters. The summed E-state index contributed by atoms with van der Waals surface area (Å²) in [6.45, 7) is 5.72. The number of carbonyl (C=O) groups is 1. The Balaban J connectivity index is 1.40. The quantitative estimate of drug-likeness (QED) is 0.224. The lowest BCUT2D eigenvalue weighted by Crippen LogP contribution is -2.43. The van der Waals surface area contributed by atoms with Crippen molar-refractivity contribution in [2.75, 3.05) is 14.2 Å². The molecule has 3 atom stereocenters. The van der Waals surface area contributed by atoms with E-state index < -0.39 is 0 Å². The third-order valence-electron chi connectivity index (χ3n) is 8.86. The van der Waals surface area contributed by atoms with E-state index in [9.17, 15) is 4.79 Å². The van der Waals surface area contributed by atoms with Gasteiger partial charge in [0.2, 0.25) is 0 Å². The molecule has 0 radical (unpaired) electrons. The molecule has 6 heteroatoms. The van der Waals surface area contributed by atoms with Gasteiger partial charge in [-0.2, -0.15) is 0 Å². The Morgan fingerprint density at radius 1 is 0.927 bits per heavy atom. The van der Waals surface area contributed by atoms with Crippen molar-refractivity contribution in [1.82, 2.24) is 4.90 Å². The fraction of sp³-hybridized carbons (Fsp3) is 0.457. The topological polar surface area (TPSA) is 48.0 Å². The third-order valence-corrected chi connectivity index (χ3v) is 8.86. The minimum absolute atomic E-state index is 0.156. The van der Waals surface area contributed by atoms with Crippen molar-refractivity contribution in [2.24, 2.45) is 5.92 Å². The molecule has 2 fully saturated rings. The number of benzene rings is 3. The Labute approximate surface area is 243 Å². The van der Waals surface area contributed by atoms with Gasteiger partial charge >= 0.3 is 5.97 Å². The fourth-order valence-electron chi connectivity index (χ4n) is 6.27. The van der Waals surface area contributed by atoms with E-state index in [2.05, 4.69) is 36.9 Å². The van der Waals surface area contributed by atoms with Gasteiger partial charge in [-0.15, -0.1) is 0 Å². The average molecular weight is 560 g/mol. The molecule has 1 saturated carbocycles. The minimum atomic E-state index is -0.259. The first-order chi connectivity index (χ1) is 19.9. The van der Waals surface area contributed by atoms with Gasteiger partial charge in [-0.05, 0) is 104 Å². The molecule has 0 aromatic heterocycles. The molecular weight excluding hydrogens is 517 g/mol. The van der Waals surface area contributed by atoms with Crippen LogP contribution in [0.5, 0.6) is 11.5 Å². The number of piperidine rings is 1. The molecule has 218 valence electrons. The second-order valence-electron chi connectivity index (χ2n) is 11.7. The van der Waals surface area contributed by atoms with Gasteiger partial charge < -0.3 is 14.2 Å². The molecule has 2 aliphatic rings. The van der Waals surface area contributed by atoms with E-state index in [1.165, 1.54) is 32.4 Å². The molecule has 3 aromatic rings. The molecule has 0 bridgehead atoms. The molecule has 1 saturated heterocycles. The number of methoxy groups -OCH3 is 2. The highest BCUT2D eigenvalue weighted by Gasteiger charge is 2.34. The van der Waals surface area contributed by atoms with E-state index in [-0.39, 0.29) is 17.7 Å². The first-order valence-corrected chi connectivity index (χ1v) is 14.9. The van der Waals surface area contributed by atoms with Crippen molar-refractivity contribution < 1.29 is 23.4 Å². The normalized spacial score (nSPS) is 19.9. The number of nitrogens with zero attached hydrogens (tertiary/aromatic N) is 1. The summed E-state index contributed by atoms with van der Waals surface area (Å²) in [7, 11) is 3.05. The van der Waals surface area contributed by atoms with E-state index in [4.69, 9.17) is 14.2 Å². The van der Waals surface area contributed by atoms with Crippen LogP contribution in [0.2, 0.25) is 0 Å².